The van der Waals surface area contributed by atoms with Crippen LogP contribution < -0.4 is 5.73 Å². The maximum Gasteiger partial charge on any atom is 0.255 e. The quantitative estimate of drug-likeness (QED) is 0.851. The third kappa shape index (κ3) is 2.02. The molecule has 0 spiro atoms. The number of nitrogens with two attached hydrogens (primary N) is 1. The second-order valence-corrected chi connectivity index (χ2v) is 6.06. The first-order chi connectivity index (χ1) is 8.99. The van der Waals surface area contributed by atoms with Gasteiger partial charge >= 0.3 is 0 Å². The lowest BCUT2D eigenvalue weighted by atomic mass is 9.76. The molecule has 5 nitrogen and oxygen atoms in total. The molecule has 2 atom stereocenters. The van der Waals surface area contributed by atoms with Crippen LogP contribution in [0.15, 0.2) is 6.07 Å². The van der Waals surface area contributed by atoms with E-state index in [1.165, 1.54) is 6.42 Å². The van der Waals surface area contributed by atoms with Gasteiger partial charge in [0.2, 0.25) is 0 Å². The number of nitrogens with zero attached hydrogens (tertiary/aromatic N) is 4. The Morgan fingerprint density at radius 2 is 2.16 bits per heavy atom. The third-order valence-corrected chi connectivity index (χ3v) is 4.17. The molecule has 5 heteroatoms. The van der Waals surface area contributed by atoms with Crippen molar-refractivity contribution in [2.75, 3.05) is 0 Å². The van der Waals surface area contributed by atoms with Gasteiger partial charge in [0.25, 0.3) is 5.78 Å². The Balaban J connectivity index is 2.15. The van der Waals surface area contributed by atoms with Gasteiger partial charge in [-0.3, -0.25) is 4.40 Å². The van der Waals surface area contributed by atoms with Crippen molar-refractivity contribution in [3.8, 4) is 0 Å². The molecule has 1 fully saturated rings. The summed E-state index contributed by atoms with van der Waals surface area (Å²) in [5.41, 5.74) is 8.34. The van der Waals surface area contributed by atoms with Gasteiger partial charge in [-0.1, -0.05) is 19.8 Å². The largest absolute Gasteiger partial charge is 0.319 e. The highest BCUT2D eigenvalue weighted by Crippen LogP contribution is 2.37. The fourth-order valence-corrected chi connectivity index (χ4v) is 3.35. The molecule has 1 saturated carbocycles. The van der Waals surface area contributed by atoms with E-state index in [-0.39, 0.29) is 5.54 Å². The number of aromatic nitrogens is 4. The summed E-state index contributed by atoms with van der Waals surface area (Å²) in [7, 11) is 0. The molecule has 1 aliphatic carbocycles. The molecule has 19 heavy (non-hydrogen) atoms. The molecule has 0 saturated heterocycles. The van der Waals surface area contributed by atoms with Crippen LogP contribution in [0.2, 0.25) is 0 Å². The van der Waals surface area contributed by atoms with E-state index in [0.717, 1.165) is 36.5 Å². The zero-order chi connectivity index (χ0) is 13.6. The number of hydrogen-bond acceptors (Lipinski definition) is 4. The van der Waals surface area contributed by atoms with Gasteiger partial charge in [-0.2, -0.15) is 0 Å². The Morgan fingerprint density at radius 3 is 2.89 bits per heavy atom. The van der Waals surface area contributed by atoms with Crippen molar-refractivity contribution in [2.24, 2.45) is 11.7 Å². The summed E-state index contributed by atoms with van der Waals surface area (Å²) in [5, 5.41) is 8.56. The zero-order valence-corrected chi connectivity index (χ0v) is 11.8. The molecule has 2 aromatic heterocycles. The fourth-order valence-electron chi connectivity index (χ4n) is 3.35. The van der Waals surface area contributed by atoms with E-state index < -0.39 is 0 Å². The van der Waals surface area contributed by atoms with E-state index in [9.17, 15) is 0 Å². The van der Waals surface area contributed by atoms with Crippen molar-refractivity contribution < 1.29 is 0 Å². The van der Waals surface area contributed by atoms with Gasteiger partial charge < -0.3 is 5.73 Å². The van der Waals surface area contributed by atoms with E-state index in [1.54, 1.807) is 0 Å². The van der Waals surface area contributed by atoms with Crippen LogP contribution in [0.5, 0.6) is 0 Å². The molecule has 0 amide bonds. The number of rotatable bonds is 1. The minimum atomic E-state index is -0.362. The van der Waals surface area contributed by atoms with Gasteiger partial charge in [-0.05, 0) is 38.7 Å². The second-order valence-electron chi connectivity index (χ2n) is 6.06. The smallest absolute Gasteiger partial charge is 0.255 e. The van der Waals surface area contributed by atoms with Crippen LogP contribution in [0.1, 0.15) is 49.8 Å². The minimum absolute atomic E-state index is 0.362. The van der Waals surface area contributed by atoms with Crippen LogP contribution in [0.3, 0.4) is 0 Å². The molecule has 2 N–H and O–H groups in total. The van der Waals surface area contributed by atoms with E-state index in [1.807, 2.05) is 11.3 Å². The summed E-state index contributed by atoms with van der Waals surface area (Å²) < 4.78 is 2.02. The van der Waals surface area contributed by atoms with Gasteiger partial charge in [0.05, 0.1) is 5.54 Å². The predicted molar refractivity (Wildman–Crippen MR) is 73.8 cm³/mol. The molecule has 0 aromatic carbocycles. The van der Waals surface area contributed by atoms with Crippen LogP contribution >= 0.6 is 0 Å². The first-order valence-electron chi connectivity index (χ1n) is 6.98. The Bertz CT molecular complexity index is 618. The van der Waals surface area contributed by atoms with Crippen molar-refractivity contribution in [3.63, 3.8) is 0 Å². The summed E-state index contributed by atoms with van der Waals surface area (Å²) in [5.74, 6) is 2.18. The van der Waals surface area contributed by atoms with Crippen LogP contribution in [0, 0.1) is 19.8 Å². The van der Waals surface area contributed by atoms with E-state index in [2.05, 4.69) is 35.1 Å². The number of aryl methyl sites for hydroxylation is 2. The van der Waals surface area contributed by atoms with Gasteiger partial charge in [-0.15, -0.1) is 10.2 Å². The maximum absolute atomic E-state index is 6.64. The molecule has 0 radical (unpaired) electrons. The van der Waals surface area contributed by atoms with Crippen molar-refractivity contribution in [2.45, 2.75) is 52.0 Å². The molecule has 0 bridgehead atoms. The van der Waals surface area contributed by atoms with Crippen molar-refractivity contribution in [3.05, 3.63) is 23.3 Å². The first-order valence-corrected chi connectivity index (χ1v) is 6.98. The average molecular weight is 259 g/mol. The van der Waals surface area contributed by atoms with Crippen molar-refractivity contribution in [1.82, 2.24) is 19.6 Å². The third-order valence-electron chi connectivity index (χ3n) is 4.17. The lowest BCUT2D eigenvalue weighted by molar-refractivity contribution is 0.226. The fraction of sp³-hybridized carbons (Fsp3) is 0.643. The van der Waals surface area contributed by atoms with Gasteiger partial charge in [0.15, 0.2) is 5.82 Å². The summed E-state index contributed by atoms with van der Waals surface area (Å²) >= 11 is 0. The van der Waals surface area contributed by atoms with Crippen LogP contribution in [-0.4, -0.2) is 19.6 Å². The Labute approximate surface area is 113 Å². The number of fused-ring (bicyclic) bond motifs is 1. The Hall–Kier alpha value is -1.49. The van der Waals surface area contributed by atoms with Gasteiger partial charge in [0, 0.05) is 11.4 Å². The highest BCUT2D eigenvalue weighted by molar-refractivity contribution is 5.34. The lowest BCUT2D eigenvalue weighted by Crippen LogP contribution is -2.42. The molecule has 3 rings (SSSR count). The minimum Gasteiger partial charge on any atom is -0.319 e. The standard InChI is InChI=1S/C14H21N5/c1-9-5-4-6-14(15,8-9)12-17-18-13-16-10(2)7-11(3)19(12)13/h7,9H,4-6,8,15H2,1-3H3. The monoisotopic (exact) mass is 259 g/mol. The molecule has 102 valence electrons. The van der Waals surface area contributed by atoms with Gasteiger partial charge in [-0.25, -0.2) is 4.98 Å². The van der Waals surface area contributed by atoms with E-state index >= 15 is 0 Å². The molecular weight excluding hydrogens is 238 g/mol. The van der Waals surface area contributed by atoms with E-state index in [4.69, 9.17) is 5.73 Å². The van der Waals surface area contributed by atoms with Gasteiger partial charge in [0.1, 0.15) is 0 Å². The number of hydrogen-bond donors (Lipinski definition) is 1. The van der Waals surface area contributed by atoms with Crippen LogP contribution in [-0.2, 0) is 5.54 Å². The second kappa shape index (κ2) is 4.27. The van der Waals surface area contributed by atoms with Crippen molar-refractivity contribution >= 4 is 5.78 Å². The molecule has 2 heterocycles. The maximum atomic E-state index is 6.64. The molecule has 0 aliphatic heterocycles. The average Bonchev–Trinajstić information content (AvgIpc) is 2.73. The normalized spacial score (nSPS) is 27.9. The Morgan fingerprint density at radius 1 is 1.37 bits per heavy atom. The lowest BCUT2D eigenvalue weighted by Gasteiger charge is -2.35. The molecule has 1 aliphatic rings. The Kier molecular flexibility index (Phi) is 2.82. The zero-order valence-electron chi connectivity index (χ0n) is 11.8. The van der Waals surface area contributed by atoms with Crippen molar-refractivity contribution in [1.29, 1.82) is 0 Å². The summed E-state index contributed by atoms with van der Waals surface area (Å²) in [6.45, 7) is 6.30. The summed E-state index contributed by atoms with van der Waals surface area (Å²) in [6, 6.07) is 2.05. The first kappa shape index (κ1) is 12.5. The highest BCUT2D eigenvalue weighted by atomic mass is 15.3. The molecular formula is C14H21N5. The SMILES string of the molecule is Cc1cc(C)n2c(C3(N)CCCC(C)C3)nnc2n1. The van der Waals surface area contributed by atoms with E-state index in [0.29, 0.717) is 11.7 Å². The molecule has 2 aromatic rings. The predicted octanol–water partition coefficient (Wildman–Crippen LogP) is 2.11. The molecule has 2 unspecified atom stereocenters. The van der Waals surface area contributed by atoms with Crippen LogP contribution in [0.25, 0.3) is 5.78 Å². The summed E-state index contributed by atoms with van der Waals surface area (Å²) in [4.78, 5) is 4.44. The van der Waals surface area contributed by atoms with Crippen LogP contribution in [0.4, 0.5) is 0 Å². The topological polar surface area (TPSA) is 69.1 Å². The highest BCUT2D eigenvalue weighted by Gasteiger charge is 2.37. The summed E-state index contributed by atoms with van der Waals surface area (Å²) in [6.07, 6.45) is 4.36.